The van der Waals surface area contributed by atoms with Crippen molar-refractivity contribution in [3.8, 4) is 17.0 Å². The third kappa shape index (κ3) is 4.56. The van der Waals surface area contributed by atoms with E-state index in [2.05, 4.69) is 21.0 Å². The Morgan fingerprint density at radius 3 is 2.57 bits per heavy atom. The fraction of sp³-hybridized carbons (Fsp3) is 0.238. The molecule has 0 aliphatic carbocycles. The molecule has 0 aliphatic rings. The van der Waals surface area contributed by atoms with E-state index in [-0.39, 0.29) is 5.91 Å². The molecule has 0 radical (unpaired) electrons. The number of ether oxygens (including phenoxy) is 1. The molecule has 5 nitrogen and oxygen atoms in total. The first-order valence-electron chi connectivity index (χ1n) is 8.77. The highest BCUT2D eigenvalue weighted by atomic mass is 79.9. The van der Waals surface area contributed by atoms with Gasteiger partial charge in [-0.25, -0.2) is 0 Å². The summed E-state index contributed by atoms with van der Waals surface area (Å²) in [7, 11) is 5.22. The van der Waals surface area contributed by atoms with Crippen molar-refractivity contribution in [3.63, 3.8) is 0 Å². The topological polar surface area (TPSA) is 47.4 Å². The van der Waals surface area contributed by atoms with E-state index in [9.17, 15) is 4.79 Å². The number of carbonyl (C=O) groups is 1. The lowest BCUT2D eigenvalue weighted by Crippen LogP contribution is -2.30. The Balaban J connectivity index is 1.69. The zero-order chi connectivity index (χ0) is 20.3. The largest absolute Gasteiger partial charge is 0.496 e. The first-order valence-corrected chi connectivity index (χ1v) is 9.94. The maximum absolute atomic E-state index is 12.9. The van der Waals surface area contributed by atoms with Crippen molar-refractivity contribution >= 4 is 33.4 Å². The van der Waals surface area contributed by atoms with Gasteiger partial charge in [0.1, 0.15) is 11.4 Å². The summed E-state index contributed by atoms with van der Waals surface area (Å²) in [5.41, 5.74) is 3.34. The predicted octanol–water partition coefficient (Wildman–Crippen LogP) is 4.83. The second-order valence-corrected chi connectivity index (χ2v) is 7.78. The van der Waals surface area contributed by atoms with Crippen LogP contribution in [0.15, 0.2) is 53.0 Å². The molecule has 146 valence electrons. The van der Waals surface area contributed by atoms with Gasteiger partial charge in [0.05, 0.1) is 17.3 Å². The van der Waals surface area contributed by atoms with Gasteiger partial charge in [-0.1, -0.05) is 29.8 Å². The van der Waals surface area contributed by atoms with Crippen LogP contribution in [0.2, 0.25) is 5.02 Å². The molecule has 0 fully saturated rings. The van der Waals surface area contributed by atoms with Crippen molar-refractivity contribution < 1.29 is 9.53 Å². The van der Waals surface area contributed by atoms with Crippen LogP contribution in [0, 0.1) is 0 Å². The first-order chi connectivity index (χ1) is 13.4. The summed E-state index contributed by atoms with van der Waals surface area (Å²) < 4.78 is 7.77. The summed E-state index contributed by atoms with van der Waals surface area (Å²) in [5, 5.41) is 5.14. The molecule has 0 atom stereocenters. The van der Waals surface area contributed by atoms with Gasteiger partial charge in [0.15, 0.2) is 0 Å². The molecule has 7 heteroatoms. The normalized spacial score (nSPS) is 10.8. The van der Waals surface area contributed by atoms with Gasteiger partial charge < -0.3 is 9.64 Å². The number of nitrogens with zero attached hydrogens (tertiary/aromatic N) is 3. The maximum Gasteiger partial charge on any atom is 0.271 e. The van der Waals surface area contributed by atoms with Gasteiger partial charge in [-0.2, -0.15) is 5.10 Å². The Morgan fingerprint density at radius 2 is 1.93 bits per heavy atom. The molecule has 0 unspecified atom stereocenters. The Labute approximate surface area is 178 Å². The van der Waals surface area contributed by atoms with Crippen molar-refractivity contribution in [2.75, 3.05) is 20.7 Å². The molecule has 0 N–H and O–H groups in total. The third-order valence-corrected chi connectivity index (χ3v) is 5.41. The Bertz CT molecular complexity index is 986. The molecule has 1 aromatic heterocycles. The van der Waals surface area contributed by atoms with Crippen molar-refractivity contribution in [2.45, 2.75) is 6.42 Å². The van der Waals surface area contributed by atoms with E-state index in [0.29, 0.717) is 17.3 Å². The minimum Gasteiger partial charge on any atom is -0.496 e. The lowest BCUT2D eigenvalue weighted by molar-refractivity contribution is 0.0786. The highest BCUT2D eigenvalue weighted by Crippen LogP contribution is 2.26. The number of likely N-dealkylation sites (N-methyl/N-ethyl adjacent to an activating group) is 1. The lowest BCUT2D eigenvalue weighted by atomic mass is 10.1. The minimum atomic E-state index is -0.0669. The molecular formula is C21H21BrClN3O2. The van der Waals surface area contributed by atoms with Crippen LogP contribution in [0.25, 0.3) is 11.3 Å². The summed E-state index contributed by atoms with van der Waals surface area (Å²) in [6.07, 6.45) is 0.743. The highest BCUT2D eigenvalue weighted by molar-refractivity contribution is 9.10. The molecule has 0 saturated carbocycles. The van der Waals surface area contributed by atoms with Gasteiger partial charge in [-0.15, -0.1) is 0 Å². The van der Waals surface area contributed by atoms with Crippen LogP contribution >= 0.6 is 27.5 Å². The number of halogens is 2. The summed E-state index contributed by atoms with van der Waals surface area (Å²) in [4.78, 5) is 14.6. The van der Waals surface area contributed by atoms with Crippen LogP contribution in [-0.2, 0) is 13.5 Å². The summed E-state index contributed by atoms with van der Waals surface area (Å²) >= 11 is 9.44. The van der Waals surface area contributed by atoms with Crippen LogP contribution in [-0.4, -0.2) is 41.3 Å². The van der Waals surface area contributed by atoms with Crippen LogP contribution in [0.5, 0.6) is 5.75 Å². The fourth-order valence-corrected chi connectivity index (χ4v) is 3.60. The molecule has 1 heterocycles. The Kier molecular flexibility index (Phi) is 6.42. The number of hydrogen-bond donors (Lipinski definition) is 0. The maximum atomic E-state index is 12.9. The molecule has 0 bridgehead atoms. The molecule has 2 aromatic carbocycles. The van der Waals surface area contributed by atoms with E-state index in [1.807, 2.05) is 48.5 Å². The zero-order valence-electron chi connectivity index (χ0n) is 15.9. The summed E-state index contributed by atoms with van der Waals surface area (Å²) in [6.45, 7) is 0.596. The molecule has 28 heavy (non-hydrogen) atoms. The van der Waals surface area contributed by atoms with Crippen LogP contribution in [0.1, 0.15) is 16.1 Å². The van der Waals surface area contributed by atoms with Gasteiger partial charge in [0, 0.05) is 31.2 Å². The van der Waals surface area contributed by atoms with Crippen molar-refractivity contribution in [1.29, 1.82) is 0 Å². The van der Waals surface area contributed by atoms with Gasteiger partial charge in [0.2, 0.25) is 0 Å². The number of amides is 1. The zero-order valence-corrected chi connectivity index (χ0v) is 18.3. The number of benzene rings is 2. The molecule has 1 amide bonds. The number of aromatic nitrogens is 2. The van der Waals surface area contributed by atoms with E-state index in [1.165, 1.54) is 0 Å². The van der Waals surface area contributed by atoms with E-state index < -0.39 is 0 Å². The minimum absolute atomic E-state index is 0.0669. The van der Waals surface area contributed by atoms with Crippen molar-refractivity contribution in [1.82, 2.24) is 14.7 Å². The SMILES string of the molecule is COc1ccc(CCN(C)C(=O)c2cc(-c3ccc(Cl)cc3)nn2C)cc1Br. The number of carbonyl (C=O) groups excluding carboxylic acids is 1. The number of hydrogen-bond acceptors (Lipinski definition) is 3. The first kappa shape index (κ1) is 20.4. The van der Waals surface area contributed by atoms with Gasteiger partial charge in [0.25, 0.3) is 5.91 Å². The lowest BCUT2D eigenvalue weighted by Gasteiger charge is -2.17. The van der Waals surface area contributed by atoms with Crippen molar-refractivity contribution in [3.05, 3.63) is 69.3 Å². The molecular weight excluding hydrogens is 442 g/mol. The fourth-order valence-electron chi connectivity index (χ4n) is 2.89. The summed E-state index contributed by atoms with van der Waals surface area (Å²) in [6, 6.07) is 15.2. The number of aryl methyl sites for hydroxylation is 1. The second-order valence-electron chi connectivity index (χ2n) is 6.49. The van der Waals surface area contributed by atoms with Crippen LogP contribution in [0.4, 0.5) is 0 Å². The van der Waals surface area contributed by atoms with E-state index in [1.54, 1.807) is 30.8 Å². The Hall–Kier alpha value is -2.31. The van der Waals surface area contributed by atoms with E-state index in [4.69, 9.17) is 16.3 Å². The van der Waals surface area contributed by atoms with E-state index in [0.717, 1.165) is 33.5 Å². The second kappa shape index (κ2) is 8.80. The number of methoxy groups -OCH3 is 1. The molecule has 3 rings (SSSR count). The standard InChI is InChI=1S/C21H21BrClN3O2/c1-25(11-10-14-4-9-20(28-3)17(22)12-14)21(27)19-13-18(24-26(19)2)15-5-7-16(23)8-6-15/h4-9,12-13H,10-11H2,1-3H3. The molecule has 0 saturated heterocycles. The van der Waals surface area contributed by atoms with Gasteiger partial charge in [-0.3, -0.25) is 9.48 Å². The average molecular weight is 463 g/mol. The molecule has 0 spiro atoms. The van der Waals surface area contributed by atoms with Crippen LogP contribution in [0.3, 0.4) is 0 Å². The van der Waals surface area contributed by atoms with Crippen LogP contribution < -0.4 is 4.74 Å². The van der Waals surface area contributed by atoms with Gasteiger partial charge >= 0.3 is 0 Å². The highest BCUT2D eigenvalue weighted by Gasteiger charge is 2.18. The summed E-state index contributed by atoms with van der Waals surface area (Å²) in [5.74, 6) is 0.723. The number of rotatable bonds is 6. The van der Waals surface area contributed by atoms with Gasteiger partial charge in [-0.05, 0) is 58.2 Å². The molecule has 0 aliphatic heterocycles. The smallest absolute Gasteiger partial charge is 0.271 e. The third-order valence-electron chi connectivity index (χ3n) is 4.54. The van der Waals surface area contributed by atoms with E-state index >= 15 is 0 Å². The van der Waals surface area contributed by atoms with Crippen molar-refractivity contribution in [2.24, 2.45) is 7.05 Å². The molecule has 3 aromatic rings. The monoisotopic (exact) mass is 461 g/mol. The average Bonchev–Trinajstić information content (AvgIpc) is 3.07. The quantitative estimate of drug-likeness (QED) is 0.527. The Morgan fingerprint density at radius 1 is 1.21 bits per heavy atom. The predicted molar refractivity (Wildman–Crippen MR) is 115 cm³/mol.